The number of ether oxygens (including phenoxy) is 1. The second-order valence-corrected chi connectivity index (χ2v) is 7.85. The molecule has 2 aliphatic heterocycles. The number of rotatable bonds is 3. The van der Waals surface area contributed by atoms with Gasteiger partial charge >= 0.3 is 0 Å². The average molecular weight is 283 g/mol. The minimum absolute atomic E-state index is 0.233. The van der Waals surface area contributed by atoms with Crippen molar-refractivity contribution in [3.63, 3.8) is 0 Å². The van der Waals surface area contributed by atoms with Gasteiger partial charge in [-0.1, -0.05) is 26.2 Å². The molecule has 110 valence electrons. The topological polar surface area (TPSA) is 21.3 Å². The third-order valence-electron chi connectivity index (χ3n) is 5.44. The lowest BCUT2D eigenvalue weighted by Crippen LogP contribution is -2.52. The van der Waals surface area contributed by atoms with Gasteiger partial charge in [-0.15, -0.1) is 0 Å². The van der Waals surface area contributed by atoms with E-state index in [9.17, 15) is 0 Å². The maximum Gasteiger partial charge on any atom is 0.0795 e. The summed E-state index contributed by atoms with van der Waals surface area (Å²) in [6, 6.07) is 1.50. The van der Waals surface area contributed by atoms with Crippen molar-refractivity contribution in [1.29, 1.82) is 0 Å². The van der Waals surface area contributed by atoms with Crippen LogP contribution in [0.1, 0.15) is 58.3 Å². The SMILES string of the molecule is CCC1CCCCC1NC1CCOC2(CCSC2)C1. The molecule has 4 atom stereocenters. The van der Waals surface area contributed by atoms with E-state index >= 15 is 0 Å². The molecule has 0 aromatic rings. The fourth-order valence-corrected chi connectivity index (χ4v) is 5.63. The van der Waals surface area contributed by atoms with Crippen LogP contribution in [0.3, 0.4) is 0 Å². The highest BCUT2D eigenvalue weighted by molar-refractivity contribution is 7.99. The number of thioether (sulfide) groups is 1. The summed E-state index contributed by atoms with van der Waals surface area (Å²) in [5.41, 5.74) is 0.233. The molecule has 2 heterocycles. The Morgan fingerprint density at radius 3 is 2.95 bits per heavy atom. The highest BCUT2D eigenvalue weighted by Crippen LogP contribution is 2.39. The molecule has 2 nitrogen and oxygen atoms in total. The van der Waals surface area contributed by atoms with Gasteiger partial charge < -0.3 is 10.1 Å². The molecule has 0 amide bonds. The molecule has 1 saturated carbocycles. The average Bonchev–Trinajstić information content (AvgIpc) is 2.87. The first-order valence-electron chi connectivity index (χ1n) is 8.29. The van der Waals surface area contributed by atoms with Crippen LogP contribution in [0.2, 0.25) is 0 Å². The molecule has 0 aromatic heterocycles. The molecule has 0 aromatic carbocycles. The molecule has 3 rings (SSSR count). The molecule has 1 spiro atoms. The summed E-state index contributed by atoms with van der Waals surface area (Å²) in [5.74, 6) is 3.45. The summed E-state index contributed by atoms with van der Waals surface area (Å²) >= 11 is 2.08. The Balaban J connectivity index is 1.56. The lowest BCUT2D eigenvalue weighted by Gasteiger charge is -2.41. The Labute approximate surface area is 122 Å². The lowest BCUT2D eigenvalue weighted by molar-refractivity contribution is -0.0726. The fraction of sp³-hybridized carbons (Fsp3) is 1.00. The van der Waals surface area contributed by atoms with Gasteiger partial charge in [-0.25, -0.2) is 0 Å². The maximum atomic E-state index is 6.14. The van der Waals surface area contributed by atoms with Gasteiger partial charge in [-0.05, 0) is 43.8 Å². The van der Waals surface area contributed by atoms with Gasteiger partial charge in [0, 0.05) is 24.4 Å². The minimum Gasteiger partial charge on any atom is -0.374 e. The summed E-state index contributed by atoms with van der Waals surface area (Å²) in [7, 11) is 0. The van der Waals surface area contributed by atoms with Gasteiger partial charge in [-0.3, -0.25) is 0 Å². The van der Waals surface area contributed by atoms with Crippen LogP contribution >= 0.6 is 11.8 Å². The zero-order valence-electron chi connectivity index (χ0n) is 12.3. The van der Waals surface area contributed by atoms with E-state index in [0.29, 0.717) is 6.04 Å². The first-order valence-corrected chi connectivity index (χ1v) is 9.44. The highest BCUT2D eigenvalue weighted by Gasteiger charge is 2.41. The normalized spacial score (nSPS) is 43.7. The van der Waals surface area contributed by atoms with Crippen LogP contribution < -0.4 is 5.32 Å². The molecule has 0 radical (unpaired) electrons. The first kappa shape index (κ1) is 14.2. The summed E-state index contributed by atoms with van der Waals surface area (Å²) in [6.45, 7) is 3.34. The third kappa shape index (κ3) is 3.30. The van der Waals surface area contributed by atoms with E-state index in [0.717, 1.165) is 18.6 Å². The van der Waals surface area contributed by atoms with Crippen molar-refractivity contribution in [2.45, 2.75) is 76.0 Å². The minimum atomic E-state index is 0.233. The van der Waals surface area contributed by atoms with Crippen molar-refractivity contribution in [2.75, 3.05) is 18.1 Å². The Kier molecular flexibility index (Phi) is 4.76. The van der Waals surface area contributed by atoms with Crippen molar-refractivity contribution in [2.24, 2.45) is 5.92 Å². The van der Waals surface area contributed by atoms with Gasteiger partial charge in [0.1, 0.15) is 0 Å². The summed E-state index contributed by atoms with van der Waals surface area (Å²) in [5, 5.41) is 4.02. The van der Waals surface area contributed by atoms with E-state index in [1.807, 2.05) is 0 Å². The predicted molar refractivity (Wildman–Crippen MR) is 82.8 cm³/mol. The Hall–Kier alpha value is 0.270. The van der Waals surface area contributed by atoms with Gasteiger partial charge in [-0.2, -0.15) is 11.8 Å². The molecule has 0 bridgehead atoms. The van der Waals surface area contributed by atoms with E-state index in [4.69, 9.17) is 4.74 Å². The quantitative estimate of drug-likeness (QED) is 0.855. The van der Waals surface area contributed by atoms with Crippen LogP contribution in [0.15, 0.2) is 0 Å². The van der Waals surface area contributed by atoms with Crippen molar-refractivity contribution in [3.8, 4) is 0 Å². The third-order valence-corrected chi connectivity index (χ3v) is 6.67. The van der Waals surface area contributed by atoms with Crippen LogP contribution in [0, 0.1) is 5.92 Å². The molecule has 1 N–H and O–H groups in total. The largest absolute Gasteiger partial charge is 0.374 e. The second kappa shape index (κ2) is 6.36. The molecule has 2 saturated heterocycles. The monoisotopic (exact) mass is 283 g/mol. The lowest BCUT2D eigenvalue weighted by atomic mass is 9.81. The van der Waals surface area contributed by atoms with E-state index < -0.39 is 0 Å². The van der Waals surface area contributed by atoms with E-state index in [-0.39, 0.29) is 5.60 Å². The van der Waals surface area contributed by atoms with E-state index in [1.165, 1.54) is 62.9 Å². The molecular weight excluding hydrogens is 254 g/mol. The zero-order chi connectivity index (χ0) is 13.1. The summed E-state index contributed by atoms with van der Waals surface area (Å²) < 4.78 is 6.14. The van der Waals surface area contributed by atoms with Crippen LogP contribution in [-0.4, -0.2) is 35.8 Å². The molecular formula is C16H29NOS. The molecule has 3 fully saturated rings. The Morgan fingerprint density at radius 1 is 1.26 bits per heavy atom. The number of nitrogens with one attached hydrogen (secondary N) is 1. The summed E-state index contributed by atoms with van der Waals surface area (Å²) in [6.07, 6.45) is 10.8. The standard InChI is InChI=1S/C16H29NOS/c1-2-13-5-3-4-6-15(13)17-14-7-9-18-16(11-14)8-10-19-12-16/h13-15,17H,2-12H2,1H3. The van der Waals surface area contributed by atoms with Gasteiger partial charge in [0.15, 0.2) is 0 Å². The molecule has 3 heteroatoms. The number of hydrogen-bond acceptors (Lipinski definition) is 3. The smallest absolute Gasteiger partial charge is 0.0795 e. The fourth-order valence-electron chi connectivity index (χ4n) is 4.25. The molecule has 4 unspecified atom stereocenters. The molecule has 19 heavy (non-hydrogen) atoms. The Morgan fingerprint density at radius 2 is 2.16 bits per heavy atom. The van der Waals surface area contributed by atoms with Crippen molar-refractivity contribution >= 4 is 11.8 Å². The first-order chi connectivity index (χ1) is 9.31. The van der Waals surface area contributed by atoms with Crippen molar-refractivity contribution < 1.29 is 4.74 Å². The molecule has 1 aliphatic carbocycles. The van der Waals surface area contributed by atoms with Crippen molar-refractivity contribution in [3.05, 3.63) is 0 Å². The highest BCUT2D eigenvalue weighted by atomic mass is 32.2. The summed E-state index contributed by atoms with van der Waals surface area (Å²) in [4.78, 5) is 0. The van der Waals surface area contributed by atoms with Crippen LogP contribution in [0.25, 0.3) is 0 Å². The number of hydrogen-bond donors (Lipinski definition) is 1. The van der Waals surface area contributed by atoms with E-state index in [2.05, 4.69) is 24.0 Å². The van der Waals surface area contributed by atoms with Crippen LogP contribution in [0.5, 0.6) is 0 Å². The predicted octanol–water partition coefficient (Wildman–Crippen LogP) is 3.60. The molecule has 3 aliphatic rings. The maximum absolute atomic E-state index is 6.14. The Bertz CT molecular complexity index is 290. The van der Waals surface area contributed by atoms with Crippen molar-refractivity contribution in [1.82, 2.24) is 5.32 Å². The second-order valence-electron chi connectivity index (χ2n) is 6.75. The zero-order valence-corrected chi connectivity index (χ0v) is 13.1. The van der Waals surface area contributed by atoms with Gasteiger partial charge in [0.25, 0.3) is 0 Å². The van der Waals surface area contributed by atoms with Crippen LogP contribution in [-0.2, 0) is 4.74 Å². The van der Waals surface area contributed by atoms with E-state index in [1.54, 1.807) is 0 Å². The van der Waals surface area contributed by atoms with Gasteiger partial charge in [0.05, 0.1) is 5.60 Å². The van der Waals surface area contributed by atoms with Gasteiger partial charge in [0.2, 0.25) is 0 Å². The van der Waals surface area contributed by atoms with Crippen LogP contribution in [0.4, 0.5) is 0 Å².